The molecule has 20 heavy (non-hydrogen) atoms. The predicted molar refractivity (Wildman–Crippen MR) is 81.0 cm³/mol. The highest BCUT2D eigenvalue weighted by Crippen LogP contribution is 2.35. The summed E-state index contributed by atoms with van der Waals surface area (Å²) >= 11 is 1.88. The molecule has 1 aliphatic carbocycles. The highest BCUT2D eigenvalue weighted by molar-refractivity contribution is 7.99. The Morgan fingerprint density at radius 1 is 1.50 bits per heavy atom. The van der Waals surface area contributed by atoms with E-state index < -0.39 is 10.7 Å². The van der Waals surface area contributed by atoms with Crippen LogP contribution in [-0.4, -0.2) is 22.0 Å². The Labute approximate surface area is 122 Å². The second kappa shape index (κ2) is 6.43. The zero-order valence-corrected chi connectivity index (χ0v) is 12.5. The van der Waals surface area contributed by atoms with Gasteiger partial charge in [-0.1, -0.05) is 13.3 Å². The molecule has 2 atom stereocenters. The molecule has 0 saturated heterocycles. The van der Waals surface area contributed by atoms with Crippen LogP contribution < -0.4 is 5.32 Å². The molecule has 1 fully saturated rings. The number of nitro groups is 1. The van der Waals surface area contributed by atoms with E-state index >= 15 is 0 Å². The summed E-state index contributed by atoms with van der Waals surface area (Å²) in [6.45, 7) is 3.74. The smallest absolute Gasteiger partial charge is 0.295 e. The maximum absolute atomic E-state index is 13.5. The largest absolute Gasteiger partial charge is 0.376 e. The van der Waals surface area contributed by atoms with Crippen LogP contribution in [0.4, 0.5) is 15.8 Å². The van der Waals surface area contributed by atoms with Crippen LogP contribution in [0.1, 0.15) is 31.7 Å². The highest BCUT2D eigenvalue weighted by atomic mass is 32.2. The number of hydrogen-bond donors (Lipinski definition) is 1. The highest BCUT2D eigenvalue weighted by Gasteiger charge is 2.29. The molecule has 1 N–H and O–H groups in total. The van der Waals surface area contributed by atoms with E-state index in [-0.39, 0.29) is 11.7 Å². The normalized spacial score (nSPS) is 21.9. The molecule has 6 heteroatoms. The number of benzene rings is 1. The van der Waals surface area contributed by atoms with Gasteiger partial charge in [0.15, 0.2) is 0 Å². The van der Waals surface area contributed by atoms with E-state index in [1.54, 1.807) is 13.0 Å². The lowest BCUT2D eigenvalue weighted by atomic mass is 10.1. The number of nitrogens with zero attached hydrogens (tertiary/aromatic N) is 1. The van der Waals surface area contributed by atoms with E-state index in [2.05, 4.69) is 12.2 Å². The molecule has 1 aromatic carbocycles. The third-order valence-corrected chi connectivity index (χ3v) is 4.97. The second-order valence-corrected chi connectivity index (χ2v) is 6.57. The molecule has 1 aliphatic rings. The van der Waals surface area contributed by atoms with Crippen LogP contribution in [0, 0.1) is 22.9 Å². The molecule has 0 radical (unpaired) electrons. The van der Waals surface area contributed by atoms with Crippen LogP contribution in [-0.2, 0) is 0 Å². The Morgan fingerprint density at radius 3 is 2.90 bits per heavy atom. The topological polar surface area (TPSA) is 55.2 Å². The molecule has 2 rings (SSSR count). The third-order valence-electron chi connectivity index (χ3n) is 3.65. The van der Waals surface area contributed by atoms with Crippen LogP contribution in [0.3, 0.4) is 0 Å². The van der Waals surface area contributed by atoms with Crippen molar-refractivity contribution in [2.24, 2.45) is 0 Å². The molecule has 0 aromatic heterocycles. The number of aryl methyl sites for hydroxylation is 1. The molecular formula is C14H19FN2O2S. The second-order valence-electron chi connectivity index (χ2n) is 5.05. The van der Waals surface area contributed by atoms with Crippen molar-refractivity contribution in [3.63, 3.8) is 0 Å². The summed E-state index contributed by atoms with van der Waals surface area (Å²) < 4.78 is 13.5. The first-order valence-electron chi connectivity index (χ1n) is 6.85. The van der Waals surface area contributed by atoms with Gasteiger partial charge in [0.25, 0.3) is 5.69 Å². The van der Waals surface area contributed by atoms with Gasteiger partial charge in [0, 0.05) is 11.3 Å². The molecule has 0 heterocycles. The van der Waals surface area contributed by atoms with Crippen LogP contribution in [0.25, 0.3) is 0 Å². The van der Waals surface area contributed by atoms with Crippen molar-refractivity contribution < 1.29 is 9.31 Å². The van der Waals surface area contributed by atoms with Crippen LogP contribution >= 0.6 is 11.8 Å². The van der Waals surface area contributed by atoms with Crippen molar-refractivity contribution >= 4 is 23.1 Å². The van der Waals surface area contributed by atoms with Crippen LogP contribution in [0.5, 0.6) is 0 Å². The fourth-order valence-electron chi connectivity index (χ4n) is 2.64. The van der Waals surface area contributed by atoms with Crippen molar-refractivity contribution in [3.05, 3.63) is 33.6 Å². The Balaban J connectivity index is 2.24. The van der Waals surface area contributed by atoms with Gasteiger partial charge >= 0.3 is 0 Å². The van der Waals surface area contributed by atoms with E-state index in [9.17, 15) is 14.5 Å². The quantitative estimate of drug-likeness (QED) is 0.656. The minimum atomic E-state index is -0.534. The Morgan fingerprint density at radius 2 is 2.25 bits per heavy atom. The zero-order valence-electron chi connectivity index (χ0n) is 11.7. The summed E-state index contributed by atoms with van der Waals surface area (Å²) in [7, 11) is 0. The van der Waals surface area contributed by atoms with Crippen molar-refractivity contribution in [1.29, 1.82) is 0 Å². The van der Waals surface area contributed by atoms with E-state index in [0.29, 0.717) is 16.5 Å². The number of anilines is 1. The minimum Gasteiger partial charge on any atom is -0.376 e. The molecule has 1 saturated carbocycles. The van der Waals surface area contributed by atoms with Crippen LogP contribution in [0.2, 0.25) is 0 Å². The molecule has 1 aromatic rings. The number of thioether (sulfide) groups is 1. The minimum absolute atomic E-state index is 0.180. The Hall–Kier alpha value is -1.30. The fourth-order valence-corrected chi connectivity index (χ4v) is 3.84. The number of hydrogen-bond acceptors (Lipinski definition) is 4. The number of nitrogens with one attached hydrogen (secondary N) is 1. The number of halogens is 1. The lowest BCUT2D eigenvalue weighted by molar-refractivity contribution is -0.384. The van der Waals surface area contributed by atoms with Crippen LogP contribution in [0.15, 0.2) is 12.1 Å². The molecule has 0 aliphatic heterocycles. The summed E-state index contributed by atoms with van der Waals surface area (Å²) in [6.07, 6.45) is 3.26. The SMILES string of the molecule is CCSC1CCCC1Nc1cc(C)c(F)cc1[N+](=O)[O-]. The van der Waals surface area contributed by atoms with E-state index in [0.717, 1.165) is 31.1 Å². The molecule has 0 bridgehead atoms. The van der Waals surface area contributed by atoms with E-state index in [1.807, 2.05) is 11.8 Å². The summed E-state index contributed by atoms with van der Waals surface area (Å²) in [6, 6.07) is 2.78. The average molecular weight is 298 g/mol. The number of nitro benzene ring substituents is 1. The standard InChI is InChI=1S/C14H19FN2O2S/c1-3-20-14-6-4-5-11(14)16-12-7-9(2)10(15)8-13(12)17(18)19/h7-8,11,14,16H,3-6H2,1-2H3. The lowest BCUT2D eigenvalue weighted by Crippen LogP contribution is -2.26. The summed E-state index contributed by atoms with van der Waals surface area (Å²) in [5.74, 6) is 0.501. The maximum Gasteiger partial charge on any atom is 0.295 e. The summed E-state index contributed by atoms with van der Waals surface area (Å²) in [4.78, 5) is 10.5. The molecular weight excluding hydrogens is 279 g/mol. The van der Waals surface area contributed by atoms with Gasteiger partial charge in [-0.25, -0.2) is 4.39 Å². The van der Waals surface area contributed by atoms with Gasteiger partial charge in [-0.3, -0.25) is 10.1 Å². The first-order valence-corrected chi connectivity index (χ1v) is 7.90. The maximum atomic E-state index is 13.5. The Bertz CT molecular complexity index is 510. The van der Waals surface area contributed by atoms with Gasteiger partial charge in [0.05, 0.1) is 11.0 Å². The van der Waals surface area contributed by atoms with Crippen molar-refractivity contribution in [2.75, 3.05) is 11.1 Å². The monoisotopic (exact) mass is 298 g/mol. The van der Waals surface area contributed by atoms with Crippen molar-refractivity contribution in [3.8, 4) is 0 Å². The molecule has 0 spiro atoms. The van der Waals surface area contributed by atoms with E-state index in [4.69, 9.17) is 0 Å². The first-order chi connectivity index (χ1) is 9.52. The van der Waals surface area contributed by atoms with Gasteiger partial charge in [0.1, 0.15) is 11.5 Å². The van der Waals surface area contributed by atoms with Crippen molar-refractivity contribution in [1.82, 2.24) is 0 Å². The predicted octanol–water partition coefficient (Wildman–Crippen LogP) is 4.13. The molecule has 4 nitrogen and oxygen atoms in total. The van der Waals surface area contributed by atoms with Gasteiger partial charge in [0.2, 0.25) is 0 Å². The third kappa shape index (κ3) is 3.23. The summed E-state index contributed by atoms with van der Waals surface area (Å²) in [5.41, 5.74) is 0.679. The lowest BCUT2D eigenvalue weighted by Gasteiger charge is -2.21. The summed E-state index contributed by atoms with van der Waals surface area (Å²) in [5, 5.41) is 14.8. The van der Waals surface area contributed by atoms with Crippen molar-refractivity contribution in [2.45, 2.75) is 44.4 Å². The fraction of sp³-hybridized carbons (Fsp3) is 0.571. The van der Waals surface area contributed by atoms with Gasteiger partial charge in [-0.05, 0) is 37.1 Å². The Kier molecular flexibility index (Phi) is 4.86. The van der Waals surface area contributed by atoms with Gasteiger partial charge < -0.3 is 5.32 Å². The molecule has 110 valence electrons. The first kappa shape index (κ1) is 15.1. The van der Waals surface area contributed by atoms with Gasteiger partial charge in [-0.2, -0.15) is 11.8 Å². The molecule has 2 unspecified atom stereocenters. The average Bonchev–Trinajstić information content (AvgIpc) is 2.81. The van der Waals surface area contributed by atoms with E-state index in [1.165, 1.54) is 0 Å². The zero-order chi connectivity index (χ0) is 14.7. The van der Waals surface area contributed by atoms with Gasteiger partial charge in [-0.15, -0.1) is 0 Å². The number of rotatable bonds is 5. The molecule has 0 amide bonds.